The Morgan fingerprint density at radius 2 is 2.12 bits per heavy atom. The fraction of sp³-hybridized carbons (Fsp3) is 0.417. The van der Waals surface area contributed by atoms with Gasteiger partial charge in [0.1, 0.15) is 5.60 Å². The van der Waals surface area contributed by atoms with E-state index in [1.54, 1.807) is 17.0 Å². The summed E-state index contributed by atoms with van der Waals surface area (Å²) in [5, 5.41) is 3.90. The van der Waals surface area contributed by atoms with E-state index in [2.05, 4.69) is 5.32 Å². The van der Waals surface area contributed by atoms with E-state index in [1.807, 2.05) is 12.1 Å². The number of carbonyl (C=O) groups excluding carboxylic acids is 1. The molecule has 2 aliphatic rings. The molecule has 90 valence electrons. The Morgan fingerprint density at radius 1 is 1.35 bits per heavy atom. The van der Waals surface area contributed by atoms with Gasteiger partial charge < -0.3 is 10.1 Å². The van der Waals surface area contributed by atoms with Gasteiger partial charge >= 0.3 is 6.09 Å². The number of nitrogens with zero attached hydrogens (tertiary/aromatic N) is 1. The third-order valence-electron chi connectivity index (χ3n) is 3.31. The summed E-state index contributed by atoms with van der Waals surface area (Å²) in [5.74, 6) is 0. The molecule has 0 radical (unpaired) electrons. The molecule has 1 spiro atoms. The van der Waals surface area contributed by atoms with Crippen LogP contribution in [-0.4, -0.2) is 31.3 Å². The van der Waals surface area contributed by atoms with E-state index in [0.29, 0.717) is 11.6 Å². The van der Waals surface area contributed by atoms with Crippen molar-refractivity contribution in [3.8, 4) is 0 Å². The lowest BCUT2D eigenvalue weighted by molar-refractivity contribution is 0.0733. The molecule has 1 aromatic rings. The Labute approximate surface area is 104 Å². The van der Waals surface area contributed by atoms with Crippen molar-refractivity contribution in [1.29, 1.82) is 0 Å². The lowest BCUT2D eigenvalue weighted by Crippen LogP contribution is -2.36. The quantitative estimate of drug-likeness (QED) is 0.832. The number of ether oxygens (including phenoxy) is 1. The van der Waals surface area contributed by atoms with Crippen molar-refractivity contribution in [3.05, 3.63) is 29.3 Å². The Bertz CT molecular complexity index is 440. The second-order valence-electron chi connectivity index (χ2n) is 4.54. The van der Waals surface area contributed by atoms with Crippen LogP contribution in [0.1, 0.15) is 6.42 Å². The largest absolute Gasteiger partial charge is 0.439 e. The summed E-state index contributed by atoms with van der Waals surface area (Å²) in [5.41, 5.74) is 0.500. The minimum atomic E-state index is -0.337. The molecule has 0 aliphatic carbocycles. The predicted octanol–water partition coefficient (Wildman–Crippen LogP) is 2.03. The highest BCUT2D eigenvalue weighted by atomic mass is 35.5. The number of carbonyl (C=O) groups is 1. The number of anilines is 1. The van der Waals surface area contributed by atoms with Crippen molar-refractivity contribution in [3.63, 3.8) is 0 Å². The highest BCUT2D eigenvalue weighted by Crippen LogP contribution is 2.32. The summed E-state index contributed by atoms with van der Waals surface area (Å²) in [7, 11) is 0. The molecule has 0 bridgehead atoms. The van der Waals surface area contributed by atoms with Crippen molar-refractivity contribution in [2.45, 2.75) is 12.0 Å². The summed E-state index contributed by atoms with van der Waals surface area (Å²) >= 11 is 5.83. The van der Waals surface area contributed by atoms with Gasteiger partial charge in [-0.05, 0) is 30.8 Å². The molecule has 17 heavy (non-hydrogen) atoms. The van der Waals surface area contributed by atoms with Crippen LogP contribution in [0.25, 0.3) is 0 Å². The molecule has 2 fully saturated rings. The van der Waals surface area contributed by atoms with Crippen LogP contribution in [0.2, 0.25) is 5.02 Å². The maximum atomic E-state index is 11.9. The predicted molar refractivity (Wildman–Crippen MR) is 65.5 cm³/mol. The van der Waals surface area contributed by atoms with Gasteiger partial charge in [-0.15, -0.1) is 0 Å². The number of hydrogen-bond acceptors (Lipinski definition) is 3. The first-order valence-corrected chi connectivity index (χ1v) is 6.03. The van der Waals surface area contributed by atoms with Crippen LogP contribution >= 0.6 is 11.6 Å². The summed E-state index contributed by atoms with van der Waals surface area (Å²) in [6.07, 6.45) is 0.610. The number of benzene rings is 1. The monoisotopic (exact) mass is 252 g/mol. The van der Waals surface area contributed by atoms with Gasteiger partial charge in [-0.1, -0.05) is 11.6 Å². The zero-order valence-corrected chi connectivity index (χ0v) is 10.0. The molecule has 2 saturated heterocycles. The average Bonchev–Trinajstić information content (AvgIpc) is 2.88. The van der Waals surface area contributed by atoms with Crippen molar-refractivity contribution in [2.24, 2.45) is 0 Å². The number of nitrogens with one attached hydrogen (secondary N) is 1. The molecule has 4 nitrogen and oxygen atoms in total. The molecule has 1 N–H and O–H groups in total. The standard InChI is InChI=1S/C12H13ClN2O2/c13-9-1-3-10(4-2-9)15-8-12(17-11(15)16)5-6-14-7-12/h1-4,14H,5-8H2/t12-/m0/s1. The SMILES string of the molecule is O=C1O[C@]2(CCNC2)CN1c1ccc(Cl)cc1. The molecule has 0 saturated carbocycles. The first kappa shape index (κ1) is 10.9. The maximum Gasteiger partial charge on any atom is 0.415 e. The molecule has 2 aliphatic heterocycles. The van der Waals surface area contributed by atoms with Gasteiger partial charge in [0.05, 0.1) is 6.54 Å². The smallest absolute Gasteiger partial charge is 0.415 e. The van der Waals surface area contributed by atoms with E-state index in [9.17, 15) is 4.79 Å². The highest BCUT2D eigenvalue weighted by molar-refractivity contribution is 6.30. The number of halogens is 1. The normalized spacial score (nSPS) is 27.8. The van der Waals surface area contributed by atoms with Crippen molar-refractivity contribution in [1.82, 2.24) is 5.32 Å². The van der Waals surface area contributed by atoms with E-state index < -0.39 is 0 Å². The third-order valence-corrected chi connectivity index (χ3v) is 3.57. The number of rotatable bonds is 1. The molecule has 0 aromatic heterocycles. The van der Waals surface area contributed by atoms with Gasteiger partial charge in [0.2, 0.25) is 0 Å². The lowest BCUT2D eigenvalue weighted by Gasteiger charge is -2.19. The van der Waals surface area contributed by atoms with Crippen LogP contribution in [0.4, 0.5) is 10.5 Å². The van der Waals surface area contributed by atoms with Gasteiger partial charge in [-0.3, -0.25) is 4.90 Å². The highest BCUT2D eigenvalue weighted by Gasteiger charge is 2.47. The van der Waals surface area contributed by atoms with Gasteiger partial charge in [0.25, 0.3) is 0 Å². The summed E-state index contributed by atoms with van der Waals surface area (Å²) < 4.78 is 5.50. The minimum absolute atomic E-state index is 0.268. The Hall–Kier alpha value is -1.26. The lowest BCUT2D eigenvalue weighted by atomic mass is 10.0. The zero-order chi connectivity index (χ0) is 11.9. The van der Waals surface area contributed by atoms with Gasteiger partial charge in [0, 0.05) is 23.7 Å². The van der Waals surface area contributed by atoms with Crippen molar-refractivity contribution in [2.75, 3.05) is 24.5 Å². The van der Waals surface area contributed by atoms with Crippen LogP contribution < -0.4 is 10.2 Å². The first-order chi connectivity index (χ1) is 8.19. The van der Waals surface area contributed by atoms with Gasteiger partial charge in [0.15, 0.2) is 0 Å². The van der Waals surface area contributed by atoms with E-state index in [4.69, 9.17) is 16.3 Å². The molecule has 0 unspecified atom stereocenters. The summed E-state index contributed by atoms with van der Waals surface area (Å²) in [4.78, 5) is 13.5. The topological polar surface area (TPSA) is 41.6 Å². The molecule has 3 rings (SSSR count). The second-order valence-corrected chi connectivity index (χ2v) is 4.98. The maximum absolute atomic E-state index is 11.9. The van der Waals surface area contributed by atoms with E-state index in [0.717, 1.165) is 25.2 Å². The fourth-order valence-corrected chi connectivity index (χ4v) is 2.51. The van der Waals surface area contributed by atoms with Gasteiger partial charge in [-0.25, -0.2) is 4.79 Å². The minimum Gasteiger partial charge on any atom is -0.439 e. The summed E-state index contributed by atoms with van der Waals surface area (Å²) in [6.45, 7) is 2.25. The number of amides is 1. The van der Waals surface area contributed by atoms with Gasteiger partial charge in [-0.2, -0.15) is 0 Å². The molecule has 1 atom stereocenters. The van der Waals surface area contributed by atoms with Crippen LogP contribution in [0.15, 0.2) is 24.3 Å². The molecular formula is C12H13ClN2O2. The Balaban J connectivity index is 1.85. The molecule has 1 aromatic carbocycles. The Kier molecular flexibility index (Phi) is 2.49. The Morgan fingerprint density at radius 3 is 2.76 bits per heavy atom. The molecule has 1 amide bonds. The van der Waals surface area contributed by atoms with Crippen molar-refractivity contribution < 1.29 is 9.53 Å². The first-order valence-electron chi connectivity index (χ1n) is 5.65. The molecule has 5 heteroatoms. The van der Waals surface area contributed by atoms with Crippen molar-refractivity contribution >= 4 is 23.4 Å². The van der Waals surface area contributed by atoms with Crippen LogP contribution in [-0.2, 0) is 4.74 Å². The van der Waals surface area contributed by atoms with Crippen LogP contribution in [0.5, 0.6) is 0 Å². The molecule has 2 heterocycles. The fourth-order valence-electron chi connectivity index (χ4n) is 2.39. The summed E-state index contributed by atoms with van der Waals surface area (Å²) in [6, 6.07) is 7.24. The van der Waals surface area contributed by atoms with E-state index in [1.165, 1.54) is 0 Å². The van der Waals surface area contributed by atoms with E-state index in [-0.39, 0.29) is 11.7 Å². The second kappa shape index (κ2) is 3.89. The average molecular weight is 253 g/mol. The zero-order valence-electron chi connectivity index (χ0n) is 9.28. The third kappa shape index (κ3) is 1.87. The van der Waals surface area contributed by atoms with Crippen LogP contribution in [0, 0.1) is 0 Å². The number of hydrogen-bond donors (Lipinski definition) is 1. The molecular weight excluding hydrogens is 240 g/mol. The van der Waals surface area contributed by atoms with Crippen LogP contribution in [0.3, 0.4) is 0 Å². The van der Waals surface area contributed by atoms with E-state index >= 15 is 0 Å².